The van der Waals surface area contributed by atoms with Crippen molar-refractivity contribution in [3.8, 4) is 0 Å². The Morgan fingerprint density at radius 2 is 1.84 bits per heavy atom. The topological polar surface area (TPSA) is 12.0 Å². The van der Waals surface area contributed by atoms with Gasteiger partial charge in [0.15, 0.2) is 0 Å². The number of hydrogen-bond acceptors (Lipinski definition) is 1. The molecule has 1 unspecified atom stereocenters. The average molecular weight is 387 g/mol. The zero-order chi connectivity index (χ0) is 14.0. The van der Waals surface area contributed by atoms with Crippen molar-refractivity contribution >= 4 is 37.5 Å². The first-order valence-electron chi connectivity index (χ1n) is 5.95. The Morgan fingerprint density at radius 3 is 2.47 bits per heavy atom. The minimum Gasteiger partial charge on any atom is -0.378 e. The van der Waals surface area contributed by atoms with Gasteiger partial charge in [0.05, 0.1) is 0 Å². The minimum atomic E-state index is -0.208. The molecule has 0 bridgehead atoms. The Labute approximate surface area is 129 Å². The van der Waals surface area contributed by atoms with E-state index in [9.17, 15) is 4.39 Å². The third-order valence-corrected chi connectivity index (χ3v) is 4.17. The van der Waals surface area contributed by atoms with Crippen LogP contribution in [-0.2, 0) is 0 Å². The van der Waals surface area contributed by atoms with E-state index in [0.717, 1.165) is 25.8 Å². The lowest BCUT2D eigenvalue weighted by atomic mass is 10.1. The van der Waals surface area contributed by atoms with Gasteiger partial charge in [-0.25, -0.2) is 4.39 Å². The summed E-state index contributed by atoms with van der Waals surface area (Å²) in [6, 6.07) is 11.0. The van der Waals surface area contributed by atoms with Gasteiger partial charge in [-0.3, -0.25) is 0 Å². The second-order valence-electron chi connectivity index (χ2n) is 4.49. The lowest BCUT2D eigenvalue weighted by Crippen LogP contribution is -2.08. The number of benzene rings is 2. The van der Waals surface area contributed by atoms with Crippen molar-refractivity contribution in [3.05, 3.63) is 62.3 Å². The van der Waals surface area contributed by atoms with Crippen LogP contribution in [0.1, 0.15) is 24.1 Å². The fraction of sp³-hybridized carbons (Fsp3) is 0.200. The molecule has 0 aliphatic heterocycles. The zero-order valence-electron chi connectivity index (χ0n) is 10.7. The van der Waals surface area contributed by atoms with Crippen LogP contribution in [0.25, 0.3) is 0 Å². The maximum Gasteiger partial charge on any atom is 0.123 e. The van der Waals surface area contributed by atoms with Gasteiger partial charge in [-0.15, -0.1) is 0 Å². The zero-order valence-corrected chi connectivity index (χ0v) is 13.8. The molecule has 1 nitrogen and oxygen atoms in total. The van der Waals surface area contributed by atoms with Crippen molar-refractivity contribution in [2.75, 3.05) is 5.32 Å². The summed E-state index contributed by atoms with van der Waals surface area (Å²) in [6.45, 7) is 3.98. The lowest BCUT2D eigenvalue weighted by Gasteiger charge is -2.19. The molecular formula is C15H14Br2FN. The van der Waals surface area contributed by atoms with E-state index < -0.39 is 0 Å². The van der Waals surface area contributed by atoms with Gasteiger partial charge in [-0.1, -0.05) is 37.9 Å². The van der Waals surface area contributed by atoms with Gasteiger partial charge in [-0.2, -0.15) is 0 Å². The highest BCUT2D eigenvalue weighted by Crippen LogP contribution is 2.29. The van der Waals surface area contributed by atoms with E-state index in [-0.39, 0.29) is 11.9 Å². The third-order valence-electron chi connectivity index (χ3n) is 2.99. The predicted molar refractivity (Wildman–Crippen MR) is 85.0 cm³/mol. The fourth-order valence-corrected chi connectivity index (χ4v) is 3.34. The van der Waals surface area contributed by atoms with Gasteiger partial charge < -0.3 is 5.32 Å². The smallest absolute Gasteiger partial charge is 0.123 e. The Kier molecular flexibility index (Phi) is 4.63. The van der Waals surface area contributed by atoms with E-state index in [1.54, 1.807) is 6.07 Å². The molecule has 2 aromatic rings. The quantitative estimate of drug-likeness (QED) is 0.699. The molecule has 0 aliphatic rings. The van der Waals surface area contributed by atoms with Crippen molar-refractivity contribution in [3.63, 3.8) is 0 Å². The van der Waals surface area contributed by atoms with Gasteiger partial charge >= 0.3 is 0 Å². The summed E-state index contributed by atoms with van der Waals surface area (Å²) in [5, 5.41) is 3.40. The summed E-state index contributed by atoms with van der Waals surface area (Å²) >= 11 is 7.00. The van der Waals surface area contributed by atoms with Crippen LogP contribution in [0, 0.1) is 12.7 Å². The molecule has 100 valence electrons. The number of aryl methyl sites for hydroxylation is 1. The fourth-order valence-electron chi connectivity index (χ4n) is 1.95. The third kappa shape index (κ3) is 3.57. The van der Waals surface area contributed by atoms with Crippen molar-refractivity contribution < 1.29 is 4.39 Å². The maximum absolute atomic E-state index is 13.1. The molecule has 1 atom stereocenters. The van der Waals surface area contributed by atoms with Crippen LogP contribution in [0.4, 0.5) is 10.1 Å². The second kappa shape index (κ2) is 6.06. The van der Waals surface area contributed by atoms with Gasteiger partial charge in [-0.05, 0) is 55.3 Å². The van der Waals surface area contributed by atoms with E-state index >= 15 is 0 Å². The Bertz CT molecular complexity index is 599. The highest BCUT2D eigenvalue weighted by molar-refractivity contribution is 9.11. The standard InChI is InChI=1S/C15H14Br2FN/c1-9-7-12(18)4-6-15(9)19-10(2)13-5-3-11(16)8-14(13)17/h3-8,10,19H,1-2H3. The molecule has 2 rings (SSSR count). The van der Waals surface area contributed by atoms with Crippen LogP contribution in [-0.4, -0.2) is 0 Å². The summed E-state index contributed by atoms with van der Waals surface area (Å²) < 4.78 is 15.2. The Morgan fingerprint density at radius 1 is 1.11 bits per heavy atom. The van der Waals surface area contributed by atoms with Crippen LogP contribution >= 0.6 is 31.9 Å². The first-order valence-corrected chi connectivity index (χ1v) is 7.53. The van der Waals surface area contributed by atoms with E-state index in [4.69, 9.17) is 0 Å². The Hall–Kier alpha value is -0.870. The lowest BCUT2D eigenvalue weighted by molar-refractivity contribution is 0.626. The molecule has 0 aromatic heterocycles. The SMILES string of the molecule is Cc1cc(F)ccc1NC(C)c1ccc(Br)cc1Br. The van der Waals surface area contributed by atoms with Gasteiger partial charge in [0.2, 0.25) is 0 Å². The molecule has 0 radical (unpaired) electrons. The summed E-state index contributed by atoms with van der Waals surface area (Å²) in [5.41, 5.74) is 3.01. The average Bonchev–Trinajstić information content (AvgIpc) is 2.32. The molecule has 0 amide bonds. The first kappa shape index (κ1) is 14.5. The molecule has 0 spiro atoms. The molecule has 1 N–H and O–H groups in total. The number of hydrogen-bond donors (Lipinski definition) is 1. The normalized spacial score (nSPS) is 12.3. The molecule has 0 saturated carbocycles. The molecule has 0 fully saturated rings. The van der Waals surface area contributed by atoms with Crippen LogP contribution < -0.4 is 5.32 Å². The summed E-state index contributed by atoms with van der Waals surface area (Å²) in [5.74, 6) is -0.208. The molecule has 0 saturated heterocycles. The van der Waals surface area contributed by atoms with Gasteiger partial charge in [0.1, 0.15) is 5.82 Å². The largest absolute Gasteiger partial charge is 0.378 e. The summed E-state index contributed by atoms with van der Waals surface area (Å²) in [6.07, 6.45) is 0. The van der Waals surface area contributed by atoms with Crippen LogP contribution in [0.2, 0.25) is 0 Å². The van der Waals surface area contributed by atoms with E-state index in [1.807, 2.05) is 19.1 Å². The van der Waals surface area contributed by atoms with Crippen molar-refractivity contribution in [2.24, 2.45) is 0 Å². The predicted octanol–water partition coefficient (Wildman–Crippen LogP) is 5.83. The van der Waals surface area contributed by atoms with Crippen LogP contribution in [0.3, 0.4) is 0 Å². The van der Waals surface area contributed by atoms with Crippen LogP contribution in [0.15, 0.2) is 45.3 Å². The van der Waals surface area contributed by atoms with Crippen LogP contribution in [0.5, 0.6) is 0 Å². The first-order chi connectivity index (χ1) is 8.97. The molecule has 0 heterocycles. The van der Waals surface area contributed by atoms with Crippen molar-refractivity contribution in [1.82, 2.24) is 0 Å². The summed E-state index contributed by atoms with van der Waals surface area (Å²) in [7, 11) is 0. The molecule has 4 heteroatoms. The molecular weight excluding hydrogens is 373 g/mol. The van der Waals surface area contributed by atoms with E-state index in [1.165, 1.54) is 12.1 Å². The summed E-state index contributed by atoms with van der Waals surface area (Å²) in [4.78, 5) is 0. The van der Waals surface area contributed by atoms with Crippen molar-refractivity contribution in [1.29, 1.82) is 0 Å². The highest BCUT2D eigenvalue weighted by atomic mass is 79.9. The molecule has 2 aromatic carbocycles. The number of anilines is 1. The van der Waals surface area contributed by atoms with Gasteiger partial charge in [0, 0.05) is 20.7 Å². The van der Waals surface area contributed by atoms with Gasteiger partial charge in [0.25, 0.3) is 0 Å². The number of nitrogens with one attached hydrogen (secondary N) is 1. The van der Waals surface area contributed by atoms with Crippen molar-refractivity contribution in [2.45, 2.75) is 19.9 Å². The minimum absolute atomic E-state index is 0.131. The highest BCUT2D eigenvalue weighted by Gasteiger charge is 2.11. The van der Waals surface area contributed by atoms with E-state index in [0.29, 0.717) is 0 Å². The van der Waals surface area contributed by atoms with E-state index in [2.05, 4.69) is 50.2 Å². The number of rotatable bonds is 3. The molecule has 0 aliphatic carbocycles. The number of halogens is 3. The molecule has 19 heavy (non-hydrogen) atoms. The second-order valence-corrected chi connectivity index (χ2v) is 6.26. The monoisotopic (exact) mass is 385 g/mol. The Balaban J connectivity index is 2.23. The maximum atomic E-state index is 13.1.